The van der Waals surface area contributed by atoms with Crippen LogP contribution >= 0.6 is 0 Å². The monoisotopic (exact) mass is 266 g/mol. The molecule has 106 valence electrons. The van der Waals surface area contributed by atoms with E-state index in [1.54, 1.807) is 4.90 Å². The van der Waals surface area contributed by atoms with E-state index in [0.717, 1.165) is 13.1 Å². The van der Waals surface area contributed by atoms with Crippen molar-refractivity contribution < 1.29 is 14.3 Å². The molecule has 2 rings (SSSR count). The summed E-state index contributed by atoms with van der Waals surface area (Å²) in [5, 5.41) is 0. The zero-order valence-electron chi connectivity index (χ0n) is 11.9. The summed E-state index contributed by atoms with van der Waals surface area (Å²) in [5.74, 6) is 2.62. The maximum atomic E-state index is 12.1. The van der Waals surface area contributed by atoms with Crippen molar-refractivity contribution in [2.24, 2.45) is 0 Å². The maximum Gasteiger partial charge on any atom is 0.410 e. The SMILES string of the molecule is C#CCN1CC2(C1)CN(C(=O)OC(C)(C)C)CCO2. The third-order valence-corrected chi connectivity index (χ3v) is 3.24. The molecule has 0 aromatic heterocycles. The van der Waals surface area contributed by atoms with Crippen LogP contribution < -0.4 is 0 Å². The number of terminal acetylenes is 1. The van der Waals surface area contributed by atoms with Crippen LogP contribution in [0.2, 0.25) is 0 Å². The van der Waals surface area contributed by atoms with Crippen LogP contribution in [-0.2, 0) is 9.47 Å². The van der Waals surface area contributed by atoms with Crippen molar-refractivity contribution in [2.45, 2.75) is 32.0 Å². The molecule has 0 radical (unpaired) electrons. The van der Waals surface area contributed by atoms with Crippen molar-refractivity contribution in [3.63, 3.8) is 0 Å². The Kier molecular flexibility index (Phi) is 3.75. The number of amides is 1. The van der Waals surface area contributed by atoms with E-state index in [4.69, 9.17) is 15.9 Å². The molecule has 5 nitrogen and oxygen atoms in total. The molecule has 19 heavy (non-hydrogen) atoms. The Morgan fingerprint density at radius 2 is 2.11 bits per heavy atom. The minimum atomic E-state index is -0.461. The molecule has 2 fully saturated rings. The molecular formula is C14H22N2O3. The van der Waals surface area contributed by atoms with E-state index in [1.165, 1.54) is 0 Å². The smallest absolute Gasteiger partial charge is 0.410 e. The number of nitrogens with zero attached hydrogens (tertiary/aromatic N) is 2. The second-order valence-electron chi connectivity index (χ2n) is 6.28. The molecule has 0 aromatic carbocycles. The molecule has 0 N–H and O–H groups in total. The Morgan fingerprint density at radius 1 is 1.42 bits per heavy atom. The number of carbonyl (C=O) groups is 1. The number of likely N-dealkylation sites (tertiary alicyclic amines) is 1. The van der Waals surface area contributed by atoms with Gasteiger partial charge in [-0.2, -0.15) is 0 Å². The predicted octanol–water partition coefficient (Wildman–Crippen LogP) is 0.941. The summed E-state index contributed by atoms with van der Waals surface area (Å²) in [6.07, 6.45) is 5.03. The van der Waals surface area contributed by atoms with Crippen molar-refractivity contribution in [3.05, 3.63) is 0 Å². The number of hydrogen-bond donors (Lipinski definition) is 0. The summed E-state index contributed by atoms with van der Waals surface area (Å²) >= 11 is 0. The molecule has 0 atom stereocenters. The number of rotatable bonds is 1. The molecule has 0 unspecified atom stereocenters. The third-order valence-electron chi connectivity index (χ3n) is 3.24. The van der Waals surface area contributed by atoms with Crippen LogP contribution in [0.15, 0.2) is 0 Å². The normalized spacial score (nSPS) is 22.7. The lowest BCUT2D eigenvalue weighted by Crippen LogP contribution is -2.70. The standard InChI is InChI=1S/C14H22N2O3/c1-5-6-15-9-14(10-15)11-16(7-8-18-14)12(17)19-13(2,3)4/h1H,6-11H2,2-4H3. The quantitative estimate of drug-likeness (QED) is 0.663. The van der Waals surface area contributed by atoms with E-state index in [-0.39, 0.29) is 11.7 Å². The van der Waals surface area contributed by atoms with Crippen molar-refractivity contribution in [3.8, 4) is 12.3 Å². The van der Waals surface area contributed by atoms with Gasteiger partial charge in [-0.1, -0.05) is 5.92 Å². The highest BCUT2D eigenvalue weighted by atomic mass is 16.6. The van der Waals surface area contributed by atoms with Gasteiger partial charge >= 0.3 is 6.09 Å². The van der Waals surface area contributed by atoms with Crippen LogP contribution in [0.5, 0.6) is 0 Å². The predicted molar refractivity (Wildman–Crippen MR) is 71.8 cm³/mol. The lowest BCUT2D eigenvalue weighted by atomic mass is 9.92. The Bertz CT molecular complexity index is 388. The maximum absolute atomic E-state index is 12.1. The first kappa shape index (κ1) is 14.2. The zero-order valence-corrected chi connectivity index (χ0v) is 11.9. The molecule has 1 amide bonds. The molecule has 0 aromatic rings. The van der Waals surface area contributed by atoms with Gasteiger partial charge in [-0.05, 0) is 20.8 Å². The van der Waals surface area contributed by atoms with E-state index in [2.05, 4.69) is 10.8 Å². The number of carbonyl (C=O) groups excluding carboxylic acids is 1. The summed E-state index contributed by atoms with van der Waals surface area (Å²) < 4.78 is 11.2. The Balaban J connectivity index is 1.89. The fraction of sp³-hybridized carbons (Fsp3) is 0.786. The number of morpholine rings is 1. The zero-order chi connectivity index (χ0) is 14.1. The van der Waals surface area contributed by atoms with Gasteiger partial charge in [0.05, 0.1) is 19.7 Å². The fourth-order valence-electron chi connectivity index (χ4n) is 2.53. The molecule has 1 spiro atoms. The van der Waals surface area contributed by atoms with Gasteiger partial charge in [-0.15, -0.1) is 6.42 Å². The van der Waals surface area contributed by atoms with E-state index in [1.807, 2.05) is 20.8 Å². The van der Waals surface area contributed by atoms with Crippen LogP contribution in [0.4, 0.5) is 4.79 Å². The molecule has 0 bridgehead atoms. The van der Waals surface area contributed by atoms with Gasteiger partial charge in [-0.3, -0.25) is 4.90 Å². The van der Waals surface area contributed by atoms with Gasteiger partial charge in [0.25, 0.3) is 0 Å². The summed E-state index contributed by atoms with van der Waals surface area (Å²) in [5.41, 5.74) is -0.705. The van der Waals surface area contributed by atoms with Crippen molar-refractivity contribution in [1.29, 1.82) is 0 Å². The lowest BCUT2D eigenvalue weighted by Gasteiger charge is -2.53. The first-order valence-corrected chi connectivity index (χ1v) is 6.61. The second-order valence-corrected chi connectivity index (χ2v) is 6.28. The number of hydrogen-bond acceptors (Lipinski definition) is 4. The first-order chi connectivity index (χ1) is 8.84. The molecule has 5 heteroatoms. The Morgan fingerprint density at radius 3 is 2.68 bits per heavy atom. The average molecular weight is 266 g/mol. The summed E-state index contributed by atoms with van der Waals surface area (Å²) in [6, 6.07) is 0. The summed E-state index contributed by atoms with van der Waals surface area (Å²) in [6.45, 7) is 9.57. The van der Waals surface area contributed by atoms with Crippen molar-refractivity contribution >= 4 is 6.09 Å². The van der Waals surface area contributed by atoms with Gasteiger partial charge in [0.2, 0.25) is 0 Å². The van der Waals surface area contributed by atoms with Crippen LogP contribution in [-0.4, -0.2) is 66.4 Å². The largest absolute Gasteiger partial charge is 0.444 e. The van der Waals surface area contributed by atoms with E-state index in [9.17, 15) is 4.79 Å². The van der Waals surface area contributed by atoms with Crippen molar-refractivity contribution in [1.82, 2.24) is 9.80 Å². The highest BCUT2D eigenvalue weighted by Gasteiger charge is 2.48. The number of ether oxygens (including phenoxy) is 2. The first-order valence-electron chi connectivity index (χ1n) is 6.61. The van der Waals surface area contributed by atoms with Crippen molar-refractivity contribution in [2.75, 3.05) is 39.3 Å². The second kappa shape index (κ2) is 5.03. The van der Waals surface area contributed by atoms with E-state index >= 15 is 0 Å². The minimum Gasteiger partial charge on any atom is -0.444 e. The highest BCUT2D eigenvalue weighted by Crippen LogP contribution is 2.29. The fourth-order valence-corrected chi connectivity index (χ4v) is 2.53. The van der Waals surface area contributed by atoms with Crippen LogP contribution in [0, 0.1) is 12.3 Å². The minimum absolute atomic E-state index is 0.244. The molecule has 2 aliphatic heterocycles. The molecular weight excluding hydrogens is 244 g/mol. The van der Waals surface area contributed by atoms with Crippen LogP contribution in [0.3, 0.4) is 0 Å². The lowest BCUT2D eigenvalue weighted by molar-refractivity contribution is -0.177. The molecule has 0 aliphatic carbocycles. The van der Waals surface area contributed by atoms with E-state index < -0.39 is 5.60 Å². The Hall–Kier alpha value is -1.25. The molecule has 2 aliphatic rings. The van der Waals surface area contributed by atoms with Gasteiger partial charge < -0.3 is 14.4 Å². The summed E-state index contributed by atoms with van der Waals surface area (Å²) in [7, 11) is 0. The third kappa shape index (κ3) is 3.40. The van der Waals surface area contributed by atoms with Crippen LogP contribution in [0.1, 0.15) is 20.8 Å². The van der Waals surface area contributed by atoms with Crippen LogP contribution in [0.25, 0.3) is 0 Å². The highest BCUT2D eigenvalue weighted by molar-refractivity contribution is 5.68. The topological polar surface area (TPSA) is 42.0 Å². The van der Waals surface area contributed by atoms with Gasteiger partial charge in [0.15, 0.2) is 0 Å². The molecule has 2 saturated heterocycles. The summed E-state index contributed by atoms with van der Waals surface area (Å²) in [4.78, 5) is 15.9. The van der Waals surface area contributed by atoms with Gasteiger partial charge in [-0.25, -0.2) is 4.79 Å². The Labute approximate surface area is 114 Å². The molecule has 0 saturated carbocycles. The van der Waals surface area contributed by atoms with E-state index in [0.29, 0.717) is 26.2 Å². The van der Waals surface area contributed by atoms with Gasteiger partial charge in [0, 0.05) is 19.6 Å². The average Bonchev–Trinajstić information content (AvgIpc) is 2.25. The molecule has 2 heterocycles. The van der Waals surface area contributed by atoms with Gasteiger partial charge in [0.1, 0.15) is 11.2 Å².